The Morgan fingerprint density at radius 2 is 2.30 bits per heavy atom. The molecule has 106 valence electrons. The smallest absolute Gasteiger partial charge is 0.303 e. The van der Waals surface area contributed by atoms with Gasteiger partial charge in [-0.05, 0) is 18.9 Å². The molecule has 0 bridgehead atoms. The average molecular weight is 314 g/mol. The number of amides is 1. The average Bonchev–Trinajstić information content (AvgIpc) is 2.98. The lowest BCUT2D eigenvalue weighted by atomic mass is 10.2. The van der Waals surface area contributed by atoms with Gasteiger partial charge in [-0.25, -0.2) is 4.98 Å². The van der Waals surface area contributed by atoms with Gasteiger partial charge in [0.05, 0.1) is 10.7 Å². The molecule has 0 radical (unpaired) electrons. The SMILES string of the molecule is O=C(O)CCCc1csc(NC(=O)c2cc(Cl)c[nH]2)n1. The number of nitrogens with one attached hydrogen (secondary N) is 2. The summed E-state index contributed by atoms with van der Waals surface area (Å²) >= 11 is 7.02. The summed E-state index contributed by atoms with van der Waals surface area (Å²) in [7, 11) is 0. The number of aromatic amines is 1. The zero-order chi connectivity index (χ0) is 14.5. The Bertz CT molecular complexity index is 623. The van der Waals surface area contributed by atoms with Crippen molar-refractivity contribution in [3.05, 3.63) is 34.1 Å². The number of carboxylic acid groups (broad SMARTS) is 1. The summed E-state index contributed by atoms with van der Waals surface area (Å²) in [5.74, 6) is -1.14. The van der Waals surface area contributed by atoms with Gasteiger partial charge in [-0.2, -0.15) is 0 Å². The first-order chi connectivity index (χ1) is 9.54. The fourth-order valence-electron chi connectivity index (χ4n) is 1.56. The molecule has 0 unspecified atom stereocenters. The van der Waals surface area contributed by atoms with E-state index in [0.717, 1.165) is 5.69 Å². The van der Waals surface area contributed by atoms with E-state index in [0.29, 0.717) is 28.7 Å². The Hall–Kier alpha value is -1.86. The van der Waals surface area contributed by atoms with Crippen molar-refractivity contribution in [2.75, 3.05) is 5.32 Å². The highest BCUT2D eigenvalue weighted by molar-refractivity contribution is 7.13. The lowest BCUT2D eigenvalue weighted by Gasteiger charge is -1.98. The Morgan fingerprint density at radius 1 is 1.50 bits per heavy atom. The van der Waals surface area contributed by atoms with E-state index in [-0.39, 0.29) is 12.3 Å². The number of aromatic nitrogens is 2. The van der Waals surface area contributed by atoms with E-state index in [2.05, 4.69) is 15.3 Å². The molecule has 2 aromatic heterocycles. The summed E-state index contributed by atoms with van der Waals surface area (Å²) in [5.41, 5.74) is 1.13. The van der Waals surface area contributed by atoms with Gasteiger partial charge >= 0.3 is 5.97 Å². The van der Waals surface area contributed by atoms with Crippen molar-refractivity contribution in [2.45, 2.75) is 19.3 Å². The number of H-pyrrole nitrogens is 1. The maximum atomic E-state index is 11.8. The van der Waals surface area contributed by atoms with E-state index in [9.17, 15) is 9.59 Å². The van der Waals surface area contributed by atoms with Crippen LogP contribution >= 0.6 is 22.9 Å². The van der Waals surface area contributed by atoms with Gasteiger partial charge in [0.25, 0.3) is 5.91 Å². The van der Waals surface area contributed by atoms with Crippen LogP contribution in [0.5, 0.6) is 0 Å². The molecular formula is C12H12ClN3O3S. The number of rotatable bonds is 6. The second-order valence-corrected chi connectivity index (χ2v) is 5.37. The van der Waals surface area contributed by atoms with E-state index in [4.69, 9.17) is 16.7 Å². The highest BCUT2D eigenvalue weighted by Crippen LogP contribution is 2.18. The second kappa shape index (κ2) is 6.53. The summed E-state index contributed by atoms with van der Waals surface area (Å²) < 4.78 is 0. The van der Waals surface area contributed by atoms with Gasteiger partial charge in [0.1, 0.15) is 5.69 Å². The lowest BCUT2D eigenvalue weighted by molar-refractivity contribution is -0.137. The van der Waals surface area contributed by atoms with Gasteiger partial charge in [-0.3, -0.25) is 14.9 Å². The van der Waals surface area contributed by atoms with Crippen LogP contribution in [-0.2, 0) is 11.2 Å². The topological polar surface area (TPSA) is 95.1 Å². The molecule has 20 heavy (non-hydrogen) atoms. The van der Waals surface area contributed by atoms with Crippen LogP contribution in [0.4, 0.5) is 5.13 Å². The first-order valence-electron chi connectivity index (χ1n) is 5.86. The van der Waals surface area contributed by atoms with Gasteiger partial charge in [0.2, 0.25) is 0 Å². The molecule has 0 atom stereocenters. The van der Waals surface area contributed by atoms with E-state index < -0.39 is 5.97 Å². The zero-order valence-electron chi connectivity index (χ0n) is 10.4. The predicted molar refractivity (Wildman–Crippen MR) is 76.4 cm³/mol. The number of aliphatic carboxylic acids is 1. The molecule has 0 saturated heterocycles. The number of carbonyl (C=O) groups excluding carboxylic acids is 1. The maximum Gasteiger partial charge on any atom is 0.303 e. The molecule has 3 N–H and O–H groups in total. The second-order valence-electron chi connectivity index (χ2n) is 4.08. The number of nitrogens with zero attached hydrogens (tertiary/aromatic N) is 1. The van der Waals surface area contributed by atoms with Crippen molar-refractivity contribution in [1.29, 1.82) is 0 Å². The molecule has 8 heteroatoms. The number of hydrogen-bond donors (Lipinski definition) is 3. The zero-order valence-corrected chi connectivity index (χ0v) is 11.9. The molecule has 2 aromatic rings. The number of carbonyl (C=O) groups is 2. The Morgan fingerprint density at radius 3 is 2.95 bits per heavy atom. The minimum absolute atomic E-state index is 0.111. The molecule has 0 fully saturated rings. The van der Waals surface area contributed by atoms with Crippen molar-refractivity contribution >= 4 is 39.9 Å². The monoisotopic (exact) mass is 313 g/mol. The summed E-state index contributed by atoms with van der Waals surface area (Å²) in [6, 6.07) is 1.53. The third-order valence-corrected chi connectivity index (χ3v) is 3.51. The molecule has 0 saturated carbocycles. The number of carboxylic acids is 1. The van der Waals surface area contributed by atoms with Crippen LogP contribution in [0.2, 0.25) is 5.02 Å². The third kappa shape index (κ3) is 4.07. The normalized spacial score (nSPS) is 10.4. The van der Waals surface area contributed by atoms with Crippen LogP contribution in [-0.4, -0.2) is 27.0 Å². The molecule has 2 heterocycles. The molecule has 1 amide bonds. The molecule has 0 aromatic carbocycles. The Kier molecular flexibility index (Phi) is 4.75. The summed E-state index contributed by atoms with van der Waals surface area (Å²) in [6.07, 6.45) is 2.74. The Labute approximate surface area is 123 Å². The van der Waals surface area contributed by atoms with Crippen LogP contribution in [0.25, 0.3) is 0 Å². The summed E-state index contributed by atoms with van der Waals surface area (Å²) in [4.78, 5) is 29.2. The minimum Gasteiger partial charge on any atom is -0.481 e. The van der Waals surface area contributed by atoms with Crippen LogP contribution < -0.4 is 5.32 Å². The van der Waals surface area contributed by atoms with Crippen LogP contribution in [0.3, 0.4) is 0 Å². The van der Waals surface area contributed by atoms with Crippen LogP contribution in [0, 0.1) is 0 Å². The van der Waals surface area contributed by atoms with Gasteiger partial charge < -0.3 is 10.1 Å². The molecule has 6 nitrogen and oxygen atoms in total. The number of anilines is 1. The van der Waals surface area contributed by atoms with E-state index in [1.54, 1.807) is 5.38 Å². The van der Waals surface area contributed by atoms with Crippen molar-refractivity contribution < 1.29 is 14.7 Å². The van der Waals surface area contributed by atoms with E-state index in [1.165, 1.54) is 23.6 Å². The number of thiazole rings is 1. The van der Waals surface area contributed by atoms with Gasteiger partial charge in [-0.15, -0.1) is 11.3 Å². The fraction of sp³-hybridized carbons (Fsp3) is 0.250. The first kappa shape index (κ1) is 14.5. The predicted octanol–water partition coefficient (Wildman–Crippen LogP) is 2.78. The van der Waals surface area contributed by atoms with Crippen LogP contribution in [0.1, 0.15) is 29.0 Å². The Balaban J connectivity index is 1.89. The van der Waals surface area contributed by atoms with Crippen LogP contribution in [0.15, 0.2) is 17.6 Å². The number of hydrogen-bond acceptors (Lipinski definition) is 4. The van der Waals surface area contributed by atoms with Crippen molar-refractivity contribution in [2.24, 2.45) is 0 Å². The molecular weight excluding hydrogens is 302 g/mol. The molecule has 2 rings (SSSR count). The van der Waals surface area contributed by atoms with Crippen molar-refractivity contribution in [3.8, 4) is 0 Å². The molecule has 0 aliphatic rings. The number of halogens is 1. The standard InChI is InChI=1S/C12H12ClN3O3S/c13-7-4-9(14-5-7)11(19)16-12-15-8(6-20-12)2-1-3-10(17)18/h4-6,14H,1-3H2,(H,17,18)(H,15,16,19). The first-order valence-corrected chi connectivity index (χ1v) is 7.12. The summed E-state index contributed by atoms with van der Waals surface area (Å²) in [6.45, 7) is 0. The van der Waals surface area contributed by atoms with Gasteiger partial charge in [-0.1, -0.05) is 11.6 Å². The number of aryl methyl sites for hydroxylation is 1. The fourth-order valence-corrected chi connectivity index (χ4v) is 2.47. The van der Waals surface area contributed by atoms with E-state index >= 15 is 0 Å². The molecule has 0 aliphatic carbocycles. The molecule has 0 spiro atoms. The van der Waals surface area contributed by atoms with Gasteiger partial charge in [0, 0.05) is 18.0 Å². The maximum absolute atomic E-state index is 11.8. The highest BCUT2D eigenvalue weighted by Gasteiger charge is 2.11. The van der Waals surface area contributed by atoms with E-state index in [1.807, 2.05) is 0 Å². The summed E-state index contributed by atoms with van der Waals surface area (Å²) in [5, 5.41) is 14.0. The largest absolute Gasteiger partial charge is 0.481 e. The quantitative estimate of drug-likeness (QED) is 0.764. The highest BCUT2D eigenvalue weighted by atomic mass is 35.5. The van der Waals surface area contributed by atoms with Crippen molar-refractivity contribution in [3.63, 3.8) is 0 Å². The molecule has 0 aliphatic heterocycles. The third-order valence-electron chi connectivity index (χ3n) is 2.49. The van der Waals surface area contributed by atoms with Crippen molar-refractivity contribution in [1.82, 2.24) is 9.97 Å². The van der Waals surface area contributed by atoms with Gasteiger partial charge in [0.15, 0.2) is 5.13 Å². The lowest BCUT2D eigenvalue weighted by Crippen LogP contribution is -2.12. The minimum atomic E-state index is -0.822.